The van der Waals surface area contributed by atoms with Gasteiger partial charge in [0.2, 0.25) is 10.0 Å². The van der Waals surface area contributed by atoms with E-state index < -0.39 is 10.0 Å². The van der Waals surface area contributed by atoms with E-state index in [0.29, 0.717) is 0 Å². The van der Waals surface area contributed by atoms with E-state index >= 15 is 0 Å². The lowest BCUT2D eigenvalue weighted by atomic mass is 9.94. The topological polar surface area (TPSA) is 74.8 Å². The van der Waals surface area contributed by atoms with Crippen LogP contribution in [0.3, 0.4) is 0 Å². The standard InChI is InChI=1S/C7H11N3O2S/c11-13(12,7-4-8-9-5-7)10-6-2-1-3-6/h4-6,10H,1-3H2,(H,8,9). The van der Waals surface area contributed by atoms with Crippen LogP contribution in [0.4, 0.5) is 0 Å². The van der Waals surface area contributed by atoms with Gasteiger partial charge in [-0.2, -0.15) is 5.10 Å². The summed E-state index contributed by atoms with van der Waals surface area (Å²) in [5.74, 6) is 0. The van der Waals surface area contributed by atoms with E-state index in [2.05, 4.69) is 14.9 Å². The first-order valence-electron chi connectivity index (χ1n) is 4.19. The molecule has 0 aliphatic heterocycles. The minimum Gasteiger partial charge on any atom is -0.284 e. The lowest BCUT2D eigenvalue weighted by molar-refractivity contribution is 0.383. The van der Waals surface area contributed by atoms with E-state index in [9.17, 15) is 8.42 Å². The number of nitrogens with one attached hydrogen (secondary N) is 2. The summed E-state index contributed by atoms with van der Waals surface area (Å²) >= 11 is 0. The molecule has 1 aliphatic carbocycles. The van der Waals surface area contributed by atoms with Gasteiger partial charge in [-0.1, -0.05) is 6.42 Å². The summed E-state index contributed by atoms with van der Waals surface area (Å²) in [6, 6.07) is 0.125. The molecule has 0 bridgehead atoms. The molecule has 1 aliphatic rings. The van der Waals surface area contributed by atoms with Gasteiger partial charge in [0.1, 0.15) is 4.90 Å². The van der Waals surface area contributed by atoms with E-state index in [0.717, 1.165) is 19.3 Å². The van der Waals surface area contributed by atoms with Gasteiger partial charge in [0.05, 0.1) is 6.20 Å². The summed E-state index contributed by atoms with van der Waals surface area (Å²) in [5, 5.41) is 6.07. The fraction of sp³-hybridized carbons (Fsp3) is 0.571. The van der Waals surface area contributed by atoms with Crippen molar-refractivity contribution in [1.82, 2.24) is 14.9 Å². The van der Waals surface area contributed by atoms with E-state index in [1.165, 1.54) is 12.4 Å². The highest BCUT2D eigenvalue weighted by molar-refractivity contribution is 7.89. The highest BCUT2D eigenvalue weighted by atomic mass is 32.2. The second-order valence-electron chi connectivity index (χ2n) is 3.18. The summed E-state index contributed by atoms with van der Waals surface area (Å²) in [4.78, 5) is 0.208. The van der Waals surface area contributed by atoms with Crippen LogP contribution in [0.2, 0.25) is 0 Å². The van der Waals surface area contributed by atoms with Gasteiger partial charge in [-0.25, -0.2) is 13.1 Å². The van der Waals surface area contributed by atoms with Gasteiger partial charge < -0.3 is 0 Å². The van der Waals surface area contributed by atoms with Gasteiger partial charge in [-0.05, 0) is 12.8 Å². The Kier molecular flexibility index (Phi) is 2.09. The number of aromatic nitrogens is 2. The van der Waals surface area contributed by atoms with Crippen LogP contribution in [0.25, 0.3) is 0 Å². The number of hydrogen-bond acceptors (Lipinski definition) is 3. The van der Waals surface area contributed by atoms with Gasteiger partial charge in [0.25, 0.3) is 0 Å². The second kappa shape index (κ2) is 3.12. The third kappa shape index (κ3) is 1.73. The van der Waals surface area contributed by atoms with Gasteiger partial charge >= 0.3 is 0 Å². The molecule has 5 nitrogen and oxygen atoms in total. The van der Waals surface area contributed by atoms with Crippen LogP contribution in [-0.4, -0.2) is 24.7 Å². The van der Waals surface area contributed by atoms with Crippen molar-refractivity contribution in [3.8, 4) is 0 Å². The van der Waals surface area contributed by atoms with Crippen molar-refractivity contribution >= 4 is 10.0 Å². The maximum Gasteiger partial charge on any atom is 0.243 e. The number of aromatic amines is 1. The average molecular weight is 201 g/mol. The van der Waals surface area contributed by atoms with Crippen LogP contribution in [0.1, 0.15) is 19.3 Å². The molecule has 0 unspecified atom stereocenters. The van der Waals surface area contributed by atoms with Crippen LogP contribution < -0.4 is 4.72 Å². The highest BCUT2D eigenvalue weighted by Gasteiger charge is 2.24. The Hall–Kier alpha value is -0.880. The molecule has 0 radical (unpaired) electrons. The molecule has 13 heavy (non-hydrogen) atoms. The number of nitrogens with zero attached hydrogens (tertiary/aromatic N) is 1. The molecule has 1 heterocycles. The fourth-order valence-corrected chi connectivity index (χ4v) is 2.41. The number of H-pyrrole nitrogens is 1. The Morgan fingerprint density at radius 3 is 2.77 bits per heavy atom. The minimum atomic E-state index is -3.32. The monoisotopic (exact) mass is 201 g/mol. The Bertz CT molecular complexity index is 366. The van der Waals surface area contributed by atoms with Gasteiger partial charge in [0.15, 0.2) is 0 Å². The SMILES string of the molecule is O=S(=O)(NC1CCC1)c1cn[nH]c1. The Morgan fingerprint density at radius 2 is 2.31 bits per heavy atom. The van der Waals surface area contributed by atoms with Crippen LogP contribution in [0.15, 0.2) is 17.3 Å². The van der Waals surface area contributed by atoms with E-state index in [4.69, 9.17) is 0 Å². The number of sulfonamides is 1. The maximum absolute atomic E-state index is 11.5. The zero-order valence-corrected chi connectivity index (χ0v) is 7.84. The van der Waals surface area contributed by atoms with Gasteiger partial charge in [0, 0.05) is 12.2 Å². The van der Waals surface area contributed by atoms with Crippen LogP contribution in [-0.2, 0) is 10.0 Å². The molecule has 0 spiro atoms. The van der Waals surface area contributed by atoms with Crippen molar-refractivity contribution < 1.29 is 8.42 Å². The Balaban J connectivity index is 2.12. The number of hydrogen-bond donors (Lipinski definition) is 2. The average Bonchev–Trinajstić information content (AvgIpc) is 2.49. The molecular weight excluding hydrogens is 190 g/mol. The lowest BCUT2D eigenvalue weighted by Gasteiger charge is -2.25. The first kappa shape index (κ1) is 8.71. The smallest absolute Gasteiger partial charge is 0.243 e. The molecule has 1 fully saturated rings. The quantitative estimate of drug-likeness (QED) is 0.735. The van der Waals surface area contributed by atoms with Gasteiger partial charge in [-0.3, -0.25) is 5.10 Å². The van der Waals surface area contributed by atoms with Crippen LogP contribution in [0.5, 0.6) is 0 Å². The zero-order valence-electron chi connectivity index (χ0n) is 7.03. The highest BCUT2D eigenvalue weighted by Crippen LogP contribution is 2.20. The predicted molar refractivity (Wildman–Crippen MR) is 46.5 cm³/mol. The van der Waals surface area contributed by atoms with E-state index in [1.54, 1.807) is 0 Å². The second-order valence-corrected chi connectivity index (χ2v) is 4.90. The minimum absolute atomic E-state index is 0.125. The maximum atomic E-state index is 11.5. The molecule has 1 aromatic rings. The van der Waals surface area contributed by atoms with E-state index in [-0.39, 0.29) is 10.9 Å². The lowest BCUT2D eigenvalue weighted by Crippen LogP contribution is -2.39. The van der Waals surface area contributed by atoms with Crippen molar-refractivity contribution in [2.45, 2.75) is 30.2 Å². The summed E-state index contributed by atoms with van der Waals surface area (Å²) < 4.78 is 25.7. The Morgan fingerprint density at radius 1 is 1.54 bits per heavy atom. The first-order valence-corrected chi connectivity index (χ1v) is 5.68. The molecule has 0 saturated heterocycles. The summed E-state index contributed by atoms with van der Waals surface area (Å²) in [7, 11) is -3.32. The van der Waals surface area contributed by atoms with Crippen molar-refractivity contribution in [3.63, 3.8) is 0 Å². The molecule has 72 valence electrons. The largest absolute Gasteiger partial charge is 0.284 e. The van der Waals surface area contributed by atoms with Crippen molar-refractivity contribution in [1.29, 1.82) is 0 Å². The predicted octanol–water partition coefficient (Wildman–Crippen LogP) is 0.240. The Labute approximate surface area is 76.6 Å². The molecule has 0 amide bonds. The first-order chi connectivity index (χ1) is 6.18. The van der Waals surface area contributed by atoms with Gasteiger partial charge in [-0.15, -0.1) is 0 Å². The molecular formula is C7H11N3O2S. The van der Waals surface area contributed by atoms with Crippen LogP contribution >= 0.6 is 0 Å². The summed E-state index contributed by atoms with van der Waals surface area (Å²) in [6.45, 7) is 0. The van der Waals surface area contributed by atoms with Crippen molar-refractivity contribution in [2.75, 3.05) is 0 Å². The number of rotatable bonds is 3. The molecule has 1 saturated carbocycles. The normalized spacial score (nSPS) is 18.5. The van der Waals surface area contributed by atoms with Crippen molar-refractivity contribution in [2.24, 2.45) is 0 Å². The summed E-state index contributed by atoms with van der Waals surface area (Å²) in [5.41, 5.74) is 0. The summed E-state index contributed by atoms with van der Waals surface area (Å²) in [6.07, 6.45) is 5.68. The molecule has 2 N–H and O–H groups in total. The molecule has 0 atom stereocenters. The van der Waals surface area contributed by atoms with E-state index in [1.807, 2.05) is 0 Å². The van der Waals surface area contributed by atoms with Crippen LogP contribution in [0, 0.1) is 0 Å². The van der Waals surface area contributed by atoms with Crippen molar-refractivity contribution in [3.05, 3.63) is 12.4 Å². The third-order valence-corrected chi connectivity index (χ3v) is 3.70. The third-order valence-electron chi connectivity index (χ3n) is 2.21. The molecule has 0 aromatic carbocycles. The fourth-order valence-electron chi connectivity index (χ4n) is 1.20. The zero-order chi connectivity index (χ0) is 9.31. The molecule has 1 aromatic heterocycles. The molecule has 6 heteroatoms. The molecule has 2 rings (SSSR count).